The van der Waals surface area contributed by atoms with E-state index in [0.717, 1.165) is 19.0 Å². The van der Waals surface area contributed by atoms with Crippen LogP contribution in [-0.2, 0) is 6.54 Å². The quantitative estimate of drug-likeness (QED) is 0.771. The summed E-state index contributed by atoms with van der Waals surface area (Å²) in [4.78, 5) is 2.37. The normalized spacial score (nSPS) is 11.3. The molecule has 14 heavy (non-hydrogen) atoms. The van der Waals surface area contributed by atoms with Crippen molar-refractivity contribution in [1.82, 2.24) is 4.90 Å². The zero-order valence-corrected chi connectivity index (χ0v) is 11.3. The lowest BCUT2D eigenvalue weighted by Crippen LogP contribution is -2.22. The summed E-state index contributed by atoms with van der Waals surface area (Å²) in [5, 5.41) is 0. The first kappa shape index (κ1) is 12.0. The third-order valence-corrected chi connectivity index (χ3v) is 2.76. The van der Waals surface area contributed by atoms with Gasteiger partial charge in [-0.05, 0) is 53.3 Å². The lowest BCUT2D eigenvalue weighted by molar-refractivity contribution is 0.288. The van der Waals surface area contributed by atoms with Crippen molar-refractivity contribution in [2.45, 2.75) is 20.4 Å². The molecular weight excluding hydrogens is 285 g/mol. The fraction of sp³-hybridized carbons (Fsp3) is 0.500. The second kappa shape index (κ2) is 5.71. The van der Waals surface area contributed by atoms with Gasteiger partial charge in [-0.15, -0.1) is 0 Å². The molecule has 0 amide bonds. The smallest absolute Gasteiger partial charge is 0.0230 e. The van der Waals surface area contributed by atoms with E-state index in [-0.39, 0.29) is 0 Å². The van der Waals surface area contributed by atoms with E-state index in [1.54, 1.807) is 0 Å². The molecule has 1 aromatic carbocycles. The Morgan fingerprint density at radius 3 is 2.29 bits per heavy atom. The Labute approximate surface area is 101 Å². The van der Waals surface area contributed by atoms with E-state index in [9.17, 15) is 0 Å². The van der Waals surface area contributed by atoms with Crippen LogP contribution in [0.5, 0.6) is 0 Å². The minimum absolute atomic E-state index is 0.740. The second-order valence-corrected chi connectivity index (χ2v) is 5.46. The van der Waals surface area contributed by atoms with Crippen molar-refractivity contribution in [3.63, 3.8) is 0 Å². The lowest BCUT2D eigenvalue weighted by atomic mass is 10.2. The Hall–Kier alpha value is -0.0900. The van der Waals surface area contributed by atoms with Crippen LogP contribution in [0.15, 0.2) is 24.3 Å². The molecule has 0 unspecified atom stereocenters. The first-order valence-corrected chi connectivity index (χ1v) is 6.09. The molecular formula is C12H18IN. The van der Waals surface area contributed by atoms with Crippen LogP contribution >= 0.6 is 22.6 Å². The zero-order chi connectivity index (χ0) is 10.6. The second-order valence-electron chi connectivity index (χ2n) is 4.22. The van der Waals surface area contributed by atoms with E-state index in [1.807, 2.05) is 0 Å². The maximum absolute atomic E-state index is 2.37. The van der Waals surface area contributed by atoms with Gasteiger partial charge in [0.05, 0.1) is 0 Å². The highest BCUT2D eigenvalue weighted by Gasteiger charge is 2.02. The van der Waals surface area contributed by atoms with Crippen LogP contribution in [-0.4, -0.2) is 18.5 Å². The minimum Gasteiger partial charge on any atom is -0.302 e. The highest BCUT2D eigenvalue weighted by Crippen LogP contribution is 2.09. The highest BCUT2D eigenvalue weighted by atomic mass is 127. The molecule has 0 heterocycles. The maximum atomic E-state index is 2.37. The van der Waals surface area contributed by atoms with Crippen molar-refractivity contribution in [2.75, 3.05) is 13.6 Å². The molecule has 2 heteroatoms. The average Bonchev–Trinajstić information content (AvgIpc) is 2.07. The first-order chi connectivity index (χ1) is 6.58. The molecule has 0 saturated heterocycles. The standard InChI is InChI=1S/C12H18IN/c1-10(2)8-14(3)9-11-4-6-12(13)7-5-11/h4-7,10H,8-9H2,1-3H3. The van der Waals surface area contributed by atoms with E-state index in [2.05, 4.69) is 72.7 Å². The molecule has 0 N–H and O–H groups in total. The Balaban J connectivity index is 2.47. The number of halogens is 1. The third kappa shape index (κ3) is 4.42. The number of hydrogen-bond acceptors (Lipinski definition) is 1. The van der Waals surface area contributed by atoms with E-state index < -0.39 is 0 Å². The molecule has 0 fully saturated rings. The zero-order valence-electron chi connectivity index (χ0n) is 9.13. The van der Waals surface area contributed by atoms with Gasteiger partial charge in [0.15, 0.2) is 0 Å². The molecule has 0 saturated carbocycles. The van der Waals surface area contributed by atoms with Gasteiger partial charge < -0.3 is 4.90 Å². The SMILES string of the molecule is CC(C)CN(C)Cc1ccc(I)cc1. The monoisotopic (exact) mass is 303 g/mol. The fourth-order valence-electron chi connectivity index (χ4n) is 1.59. The fourth-order valence-corrected chi connectivity index (χ4v) is 1.95. The largest absolute Gasteiger partial charge is 0.302 e. The summed E-state index contributed by atoms with van der Waals surface area (Å²) >= 11 is 2.34. The first-order valence-electron chi connectivity index (χ1n) is 5.01. The molecule has 0 aliphatic carbocycles. The van der Waals surface area contributed by atoms with Gasteiger partial charge in [-0.25, -0.2) is 0 Å². The predicted molar refractivity (Wildman–Crippen MR) is 70.3 cm³/mol. The summed E-state index contributed by atoms with van der Waals surface area (Å²) in [5.74, 6) is 0.740. The van der Waals surface area contributed by atoms with Crippen molar-refractivity contribution >= 4 is 22.6 Å². The molecule has 1 rings (SSSR count). The van der Waals surface area contributed by atoms with Crippen LogP contribution in [0.4, 0.5) is 0 Å². The molecule has 0 aliphatic rings. The molecule has 1 aromatic rings. The molecule has 0 bridgehead atoms. The molecule has 1 nitrogen and oxygen atoms in total. The van der Waals surface area contributed by atoms with Crippen molar-refractivity contribution in [3.8, 4) is 0 Å². The van der Waals surface area contributed by atoms with E-state index in [1.165, 1.54) is 9.13 Å². The maximum Gasteiger partial charge on any atom is 0.0230 e. The number of rotatable bonds is 4. The highest BCUT2D eigenvalue weighted by molar-refractivity contribution is 14.1. The van der Waals surface area contributed by atoms with Gasteiger partial charge in [0.25, 0.3) is 0 Å². The molecule has 0 spiro atoms. The van der Waals surface area contributed by atoms with Gasteiger partial charge in [-0.3, -0.25) is 0 Å². The van der Waals surface area contributed by atoms with Gasteiger partial charge in [-0.1, -0.05) is 26.0 Å². The molecule has 78 valence electrons. The molecule has 0 aromatic heterocycles. The summed E-state index contributed by atoms with van der Waals surface area (Å²) in [5.41, 5.74) is 1.40. The van der Waals surface area contributed by atoms with Gasteiger partial charge in [0, 0.05) is 16.7 Å². The van der Waals surface area contributed by atoms with Gasteiger partial charge in [0.1, 0.15) is 0 Å². The van der Waals surface area contributed by atoms with Crippen molar-refractivity contribution in [2.24, 2.45) is 5.92 Å². The number of nitrogens with zero attached hydrogens (tertiary/aromatic N) is 1. The van der Waals surface area contributed by atoms with Crippen LogP contribution in [0.2, 0.25) is 0 Å². The van der Waals surface area contributed by atoms with Crippen LogP contribution in [0, 0.1) is 9.49 Å². The minimum atomic E-state index is 0.740. The summed E-state index contributed by atoms with van der Waals surface area (Å²) in [7, 11) is 2.18. The summed E-state index contributed by atoms with van der Waals surface area (Å²) in [6, 6.07) is 8.75. The number of benzene rings is 1. The summed E-state index contributed by atoms with van der Waals surface area (Å²) < 4.78 is 1.30. The van der Waals surface area contributed by atoms with Gasteiger partial charge in [-0.2, -0.15) is 0 Å². The van der Waals surface area contributed by atoms with Gasteiger partial charge in [0.2, 0.25) is 0 Å². The Morgan fingerprint density at radius 1 is 1.21 bits per heavy atom. The van der Waals surface area contributed by atoms with Crippen LogP contribution in [0.1, 0.15) is 19.4 Å². The Bertz CT molecular complexity index is 266. The van der Waals surface area contributed by atoms with Crippen molar-refractivity contribution in [3.05, 3.63) is 33.4 Å². The molecule has 0 atom stereocenters. The summed E-state index contributed by atoms with van der Waals surface area (Å²) in [6.45, 7) is 6.72. The number of hydrogen-bond donors (Lipinski definition) is 0. The lowest BCUT2D eigenvalue weighted by Gasteiger charge is -2.18. The van der Waals surface area contributed by atoms with Crippen LogP contribution < -0.4 is 0 Å². The van der Waals surface area contributed by atoms with Crippen molar-refractivity contribution in [1.29, 1.82) is 0 Å². The predicted octanol–water partition coefficient (Wildman–Crippen LogP) is 3.38. The molecule has 0 aliphatic heterocycles. The molecule has 0 radical (unpaired) electrons. The van der Waals surface area contributed by atoms with Crippen molar-refractivity contribution < 1.29 is 0 Å². The van der Waals surface area contributed by atoms with Gasteiger partial charge >= 0.3 is 0 Å². The van der Waals surface area contributed by atoms with E-state index >= 15 is 0 Å². The summed E-state index contributed by atoms with van der Waals surface area (Å²) in [6.07, 6.45) is 0. The third-order valence-electron chi connectivity index (χ3n) is 2.04. The van der Waals surface area contributed by atoms with Crippen LogP contribution in [0.3, 0.4) is 0 Å². The van der Waals surface area contributed by atoms with Crippen LogP contribution in [0.25, 0.3) is 0 Å². The Morgan fingerprint density at radius 2 is 1.79 bits per heavy atom. The average molecular weight is 303 g/mol. The van der Waals surface area contributed by atoms with E-state index in [4.69, 9.17) is 0 Å². The Kier molecular flexibility index (Phi) is 4.89. The van der Waals surface area contributed by atoms with E-state index in [0.29, 0.717) is 0 Å². The topological polar surface area (TPSA) is 3.24 Å².